The van der Waals surface area contributed by atoms with Gasteiger partial charge in [-0.3, -0.25) is 4.90 Å². The Kier molecular flexibility index (Phi) is 8.85. The first-order valence-electron chi connectivity index (χ1n) is 10.4. The predicted molar refractivity (Wildman–Crippen MR) is 111 cm³/mol. The molecule has 1 unspecified atom stereocenters. The first-order chi connectivity index (χ1) is 13.4. The summed E-state index contributed by atoms with van der Waals surface area (Å²) in [6.07, 6.45) is 5.95. The van der Waals surface area contributed by atoms with Crippen molar-refractivity contribution < 1.29 is 9.47 Å². The van der Waals surface area contributed by atoms with Gasteiger partial charge < -0.3 is 9.47 Å². The summed E-state index contributed by atoms with van der Waals surface area (Å²) >= 11 is 0. The lowest BCUT2D eigenvalue weighted by Gasteiger charge is -2.27. The first kappa shape index (κ1) is 20.1. The van der Waals surface area contributed by atoms with Gasteiger partial charge in [0, 0.05) is 26.2 Å². The van der Waals surface area contributed by atoms with Crippen LogP contribution in [0.4, 0.5) is 0 Å². The van der Waals surface area contributed by atoms with Crippen LogP contribution in [0.1, 0.15) is 42.9 Å². The second-order valence-electron chi connectivity index (χ2n) is 7.31. The van der Waals surface area contributed by atoms with Gasteiger partial charge in [-0.05, 0) is 36.8 Å². The third kappa shape index (κ3) is 7.45. The van der Waals surface area contributed by atoms with Crippen molar-refractivity contribution in [2.24, 2.45) is 0 Å². The van der Waals surface area contributed by atoms with Crippen LogP contribution in [0.2, 0.25) is 0 Å². The van der Waals surface area contributed by atoms with E-state index >= 15 is 0 Å². The van der Waals surface area contributed by atoms with Crippen molar-refractivity contribution in [2.75, 3.05) is 39.5 Å². The van der Waals surface area contributed by atoms with Crippen LogP contribution in [-0.2, 0) is 15.9 Å². The van der Waals surface area contributed by atoms with Gasteiger partial charge in [0.25, 0.3) is 0 Å². The third-order valence-corrected chi connectivity index (χ3v) is 5.24. The fourth-order valence-electron chi connectivity index (χ4n) is 3.66. The maximum absolute atomic E-state index is 6.31. The maximum atomic E-state index is 6.31. The average molecular weight is 368 g/mol. The van der Waals surface area contributed by atoms with Gasteiger partial charge in [-0.15, -0.1) is 0 Å². The van der Waals surface area contributed by atoms with Crippen molar-refractivity contribution in [1.29, 1.82) is 0 Å². The van der Waals surface area contributed by atoms with Crippen molar-refractivity contribution in [3.8, 4) is 0 Å². The van der Waals surface area contributed by atoms with E-state index in [1.807, 2.05) is 0 Å². The molecule has 1 fully saturated rings. The zero-order valence-corrected chi connectivity index (χ0v) is 16.4. The van der Waals surface area contributed by atoms with Crippen LogP contribution in [0.3, 0.4) is 0 Å². The Bertz CT molecular complexity index is 611. The molecule has 0 aromatic heterocycles. The minimum absolute atomic E-state index is 0.215. The number of aryl methyl sites for hydroxylation is 1. The molecule has 0 saturated carbocycles. The molecule has 1 saturated heterocycles. The van der Waals surface area contributed by atoms with Gasteiger partial charge in [-0.1, -0.05) is 67.1 Å². The van der Waals surface area contributed by atoms with Gasteiger partial charge in [0.2, 0.25) is 0 Å². The second-order valence-corrected chi connectivity index (χ2v) is 7.31. The molecule has 2 aromatic rings. The van der Waals surface area contributed by atoms with Gasteiger partial charge in [0.1, 0.15) is 0 Å². The van der Waals surface area contributed by atoms with E-state index < -0.39 is 0 Å². The Morgan fingerprint density at radius 3 is 2.30 bits per heavy atom. The summed E-state index contributed by atoms with van der Waals surface area (Å²) in [6.45, 7) is 5.79. The SMILES string of the molecule is c1ccc(CCCCC(OCCCN2CCOCC2)c2ccccc2)cc1. The van der Waals surface area contributed by atoms with Crippen LogP contribution in [0.25, 0.3) is 0 Å². The molecular formula is C24H33NO2. The molecular weight excluding hydrogens is 334 g/mol. The van der Waals surface area contributed by atoms with E-state index in [0.29, 0.717) is 0 Å². The van der Waals surface area contributed by atoms with E-state index in [-0.39, 0.29) is 6.10 Å². The van der Waals surface area contributed by atoms with Crippen LogP contribution in [0, 0.1) is 0 Å². The van der Waals surface area contributed by atoms with Crippen molar-refractivity contribution in [2.45, 2.75) is 38.2 Å². The lowest BCUT2D eigenvalue weighted by molar-refractivity contribution is 0.0175. The van der Waals surface area contributed by atoms with Crippen LogP contribution >= 0.6 is 0 Å². The summed E-state index contributed by atoms with van der Waals surface area (Å²) in [6, 6.07) is 21.5. The molecule has 1 heterocycles. The number of nitrogens with zero attached hydrogens (tertiary/aromatic N) is 1. The highest BCUT2D eigenvalue weighted by Crippen LogP contribution is 2.24. The Labute approximate surface area is 164 Å². The molecule has 0 N–H and O–H groups in total. The van der Waals surface area contributed by atoms with Crippen molar-refractivity contribution in [1.82, 2.24) is 4.90 Å². The molecule has 3 rings (SSSR count). The summed E-state index contributed by atoms with van der Waals surface area (Å²) in [5.41, 5.74) is 2.74. The number of unbranched alkanes of at least 4 members (excludes halogenated alkanes) is 1. The normalized spacial score (nSPS) is 16.3. The summed E-state index contributed by atoms with van der Waals surface area (Å²) in [5, 5.41) is 0. The largest absolute Gasteiger partial charge is 0.379 e. The van der Waals surface area contributed by atoms with E-state index in [1.54, 1.807) is 0 Å². The Morgan fingerprint density at radius 1 is 0.852 bits per heavy atom. The van der Waals surface area contributed by atoms with Crippen LogP contribution in [-0.4, -0.2) is 44.4 Å². The number of hydrogen-bond acceptors (Lipinski definition) is 3. The minimum Gasteiger partial charge on any atom is -0.379 e. The average Bonchev–Trinajstić information content (AvgIpc) is 2.75. The van der Waals surface area contributed by atoms with E-state index in [9.17, 15) is 0 Å². The highest BCUT2D eigenvalue weighted by Gasteiger charge is 2.13. The summed E-state index contributed by atoms with van der Waals surface area (Å²) < 4.78 is 11.7. The maximum Gasteiger partial charge on any atom is 0.0824 e. The molecule has 0 amide bonds. The Balaban J connectivity index is 1.40. The fourth-order valence-corrected chi connectivity index (χ4v) is 3.66. The molecule has 146 valence electrons. The van der Waals surface area contributed by atoms with Gasteiger partial charge in [-0.25, -0.2) is 0 Å². The molecule has 0 radical (unpaired) electrons. The number of ether oxygens (including phenoxy) is 2. The summed E-state index contributed by atoms with van der Waals surface area (Å²) in [5.74, 6) is 0. The van der Waals surface area contributed by atoms with Gasteiger partial charge in [-0.2, -0.15) is 0 Å². The summed E-state index contributed by atoms with van der Waals surface area (Å²) in [4.78, 5) is 2.48. The highest BCUT2D eigenvalue weighted by molar-refractivity contribution is 5.17. The molecule has 0 aliphatic carbocycles. The molecule has 0 spiro atoms. The van der Waals surface area contributed by atoms with Crippen LogP contribution < -0.4 is 0 Å². The van der Waals surface area contributed by atoms with E-state index in [2.05, 4.69) is 65.6 Å². The standard InChI is InChI=1S/C24H33NO2/c1-3-10-22(11-4-1)12-7-8-15-24(23-13-5-2-6-14-23)27-19-9-16-25-17-20-26-21-18-25/h1-6,10-11,13-14,24H,7-9,12,15-21H2. The molecule has 27 heavy (non-hydrogen) atoms. The minimum atomic E-state index is 0.215. The number of benzene rings is 2. The number of hydrogen-bond donors (Lipinski definition) is 0. The zero-order valence-electron chi connectivity index (χ0n) is 16.4. The zero-order chi connectivity index (χ0) is 18.6. The molecule has 1 aliphatic rings. The van der Waals surface area contributed by atoms with Crippen LogP contribution in [0.15, 0.2) is 60.7 Å². The highest BCUT2D eigenvalue weighted by atomic mass is 16.5. The Hall–Kier alpha value is -1.68. The lowest BCUT2D eigenvalue weighted by atomic mass is 10.0. The second kappa shape index (κ2) is 11.9. The monoisotopic (exact) mass is 367 g/mol. The van der Waals surface area contributed by atoms with E-state index in [0.717, 1.165) is 58.7 Å². The third-order valence-electron chi connectivity index (χ3n) is 5.24. The van der Waals surface area contributed by atoms with Crippen molar-refractivity contribution >= 4 is 0 Å². The smallest absolute Gasteiger partial charge is 0.0824 e. The van der Waals surface area contributed by atoms with Gasteiger partial charge in [0.15, 0.2) is 0 Å². The van der Waals surface area contributed by atoms with Gasteiger partial charge >= 0.3 is 0 Å². The van der Waals surface area contributed by atoms with E-state index in [1.165, 1.54) is 24.0 Å². The molecule has 2 aromatic carbocycles. The molecule has 0 bridgehead atoms. The fraction of sp³-hybridized carbons (Fsp3) is 0.500. The predicted octanol–water partition coefficient (Wildman–Crippen LogP) is 4.88. The molecule has 1 atom stereocenters. The van der Waals surface area contributed by atoms with E-state index in [4.69, 9.17) is 9.47 Å². The Morgan fingerprint density at radius 2 is 1.56 bits per heavy atom. The van der Waals surface area contributed by atoms with Crippen LogP contribution in [0.5, 0.6) is 0 Å². The van der Waals surface area contributed by atoms with Gasteiger partial charge in [0.05, 0.1) is 19.3 Å². The molecule has 3 nitrogen and oxygen atoms in total. The van der Waals surface area contributed by atoms with Crippen molar-refractivity contribution in [3.63, 3.8) is 0 Å². The number of morpholine rings is 1. The molecule has 1 aliphatic heterocycles. The summed E-state index contributed by atoms with van der Waals surface area (Å²) in [7, 11) is 0. The van der Waals surface area contributed by atoms with Crippen molar-refractivity contribution in [3.05, 3.63) is 71.8 Å². The molecule has 3 heteroatoms. The topological polar surface area (TPSA) is 21.7 Å². The first-order valence-corrected chi connectivity index (χ1v) is 10.4. The number of rotatable bonds is 11. The lowest BCUT2D eigenvalue weighted by Crippen LogP contribution is -2.37. The quantitative estimate of drug-likeness (QED) is 0.528.